The number of nitrogens with zero attached hydrogens (tertiary/aromatic N) is 4. The van der Waals surface area contributed by atoms with Gasteiger partial charge in [0.2, 0.25) is 37.8 Å². The number of aliphatic carboxylic acids is 2. The lowest BCUT2D eigenvalue weighted by Crippen LogP contribution is -2.47. The predicted molar refractivity (Wildman–Crippen MR) is 358 cm³/mol. The number of guanidine groups is 2. The van der Waals surface area contributed by atoms with Crippen molar-refractivity contribution in [3.63, 3.8) is 0 Å². The number of ether oxygens (including phenoxy) is 8. The molecule has 0 aliphatic carbocycles. The van der Waals surface area contributed by atoms with Crippen molar-refractivity contribution in [1.82, 2.24) is 35.2 Å². The topological polar surface area (TPSA) is 452 Å². The average Bonchev–Trinajstić information content (AvgIpc) is 0.825. The van der Waals surface area contributed by atoms with Crippen LogP contribution in [0.1, 0.15) is 37.8 Å². The standard InChI is InChI=1S/C63H82F4N12O20S2/c1-4-5-45(61(87)76-62(68)69)33-44-36-52(66)59(53(67)37-44)99-47-8-12-49(13-9-47)101(90,91)75-17-23-95-27-31-97-29-25-93-21-15-73-55(81)39-79(41-57(84)85)19-18-78(40-56(82)83)38-54(80)72-14-20-92-24-28-96-30-26-94-22-16-74-100(88,89)48-10-6-46(7-11-48)98-58-50(64)34-43(35-51(58)65)32-42(2)60(86)77-63(70)71-3/h6-13,32-37,74-75H,3-5,14-31,38-41H2,1-2H3,(H,72,80)(H,73,81)(H,82,83)(H,84,85)(H2,70,77,86)(H4,68,69,76,87)/b42-32+,45-33+. The van der Waals surface area contributed by atoms with Gasteiger partial charge in [-0.2, -0.15) is 4.99 Å². The van der Waals surface area contributed by atoms with Crippen LogP contribution < -0.4 is 46.3 Å². The minimum atomic E-state index is -4.02. The maximum absolute atomic E-state index is 15.0. The Morgan fingerprint density at radius 2 is 0.921 bits per heavy atom. The Balaban J connectivity index is 1.00. The summed E-state index contributed by atoms with van der Waals surface area (Å²) in [6.45, 7) is 5.31. The minimum absolute atomic E-state index is 0.0126. The Bertz CT molecular complexity index is 3710. The predicted octanol–water partition coefficient (Wildman–Crippen LogP) is 2.33. The van der Waals surface area contributed by atoms with Crippen molar-refractivity contribution in [1.29, 1.82) is 5.41 Å². The van der Waals surface area contributed by atoms with E-state index in [1.54, 1.807) is 6.92 Å². The van der Waals surface area contributed by atoms with E-state index in [4.69, 9.17) is 54.8 Å². The Morgan fingerprint density at radius 3 is 1.27 bits per heavy atom. The van der Waals surface area contributed by atoms with E-state index in [1.807, 2.05) is 0 Å². The van der Waals surface area contributed by atoms with Gasteiger partial charge in [0.15, 0.2) is 40.7 Å². The smallest absolute Gasteiger partial charge is 0.317 e. The molecule has 0 atom stereocenters. The highest BCUT2D eigenvalue weighted by molar-refractivity contribution is 7.89. The molecule has 0 heterocycles. The molecule has 0 saturated heterocycles. The molecule has 0 radical (unpaired) electrons. The molecule has 0 saturated carbocycles. The third-order valence-electron chi connectivity index (χ3n) is 13.1. The zero-order chi connectivity index (χ0) is 74.3. The lowest BCUT2D eigenvalue weighted by atomic mass is 10.1. The molecule has 4 amide bonds. The number of nitrogens with two attached hydrogens (primary N) is 2. The van der Waals surface area contributed by atoms with E-state index in [1.165, 1.54) is 77.4 Å². The van der Waals surface area contributed by atoms with Crippen LogP contribution in [0.5, 0.6) is 23.0 Å². The zero-order valence-corrected chi connectivity index (χ0v) is 56.9. The van der Waals surface area contributed by atoms with Crippen LogP contribution in [-0.2, 0) is 77.2 Å². The monoisotopic (exact) mass is 1470 g/mol. The van der Waals surface area contributed by atoms with E-state index < -0.39 is 115 Å². The molecule has 0 aliphatic rings. The quantitative estimate of drug-likeness (QED) is 0.00997. The zero-order valence-electron chi connectivity index (χ0n) is 55.3. The number of sulfonamides is 2. The third-order valence-corrected chi connectivity index (χ3v) is 16.1. The molecule has 0 unspecified atom stereocenters. The Hall–Kier alpha value is -9.19. The molecule has 38 heteroatoms. The van der Waals surface area contributed by atoms with E-state index in [-0.39, 0.29) is 182 Å². The lowest BCUT2D eigenvalue weighted by Gasteiger charge is -2.25. The van der Waals surface area contributed by atoms with E-state index in [9.17, 15) is 73.4 Å². The summed E-state index contributed by atoms with van der Waals surface area (Å²) >= 11 is 0. The molecular formula is C63H82F4N12O20S2. The normalized spacial score (nSPS) is 11.9. The second-order valence-corrected chi connectivity index (χ2v) is 24.7. The van der Waals surface area contributed by atoms with Crippen LogP contribution >= 0.6 is 0 Å². The number of carbonyl (C=O) groups excluding carboxylic acids is 4. The summed E-state index contributed by atoms with van der Waals surface area (Å²) in [5.74, 6) is -12.1. The molecule has 0 spiro atoms. The molecule has 4 rings (SSSR count). The van der Waals surface area contributed by atoms with Crippen molar-refractivity contribution in [2.75, 3.05) is 145 Å². The fourth-order valence-electron chi connectivity index (χ4n) is 8.48. The van der Waals surface area contributed by atoms with Crippen LogP contribution in [0, 0.1) is 28.7 Å². The molecule has 32 nitrogen and oxygen atoms in total. The summed E-state index contributed by atoms with van der Waals surface area (Å²) in [6, 6.07) is 13.3. The maximum atomic E-state index is 15.0. The molecule has 12 N–H and O–H groups in total. The Labute approximate surface area is 580 Å². The Kier molecular flexibility index (Phi) is 37.4. The maximum Gasteiger partial charge on any atom is 0.317 e. The van der Waals surface area contributed by atoms with Gasteiger partial charge in [0.05, 0.1) is 115 Å². The fourth-order valence-corrected chi connectivity index (χ4v) is 10.5. The largest absolute Gasteiger partial charge is 0.480 e. The van der Waals surface area contributed by atoms with Crippen LogP contribution in [-0.4, -0.2) is 236 Å². The van der Waals surface area contributed by atoms with Crippen LogP contribution in [0.15, 0.2) is 104 Å². The van der Waals surface area contributed by atoms with Gasteiger partial charge in [-0.25, -0.2) is 48.8 Å². The van der Waals surface area contributed by atoms with Gasteiger partial charge in [-0.15, -0.1) is 0 Å². The SMILES string of the molecule is C=NC(=N)NC(=O)/C(C)=C/c1cc(F)c(Oc2ccc(S(=O)(=O)NCCOCCOCCOCCNC(=O)CN(CCN(CC(=O)O)CC(=O)NCCOCCOCCOCCNS(=O)(=O)c3ccc(Oc4c(F)cc(/C=C(\CCC)C(=O)N=C(N)N)cc4F)cc3)CC(=O)O)cc2)c(F)c1. The number of hydrogen-bond donors (Lipinski definition) is 10. The van der Waals surface area contributed by atoms with Crippen LogP contribution in [0.25, 0.3) is 12.2 Å². The molecule has 0 bridgehead atoms. The highest BCUT2D eigenvalue weighted by Crippen LogP contribution is 2.32. The van der Waals surface area contributed by atoms with Crippen molar-refractivity contribution in [2.24, 2.45) is 21.5 Å². The minimum Gasteiger partial charge on any atom is -0.480 e. The van der Waals surface area contributed by atoms with Gasteiger partial charge in [0, 0.05) is 50.4 Å². The van der Waals surface area contributed by atoms with Crippen molar-refractivity contribution < 1.29 is 111 Å². The molecule has 0 fully saturated rings. The summed E-state index contributed by atoms with van der Waals surface area (Å²) in [5.41, 5.74) is 10.7. The van der Waals surface area contributed by atoms with Gasteiger partial charge in [0.25, 0.3) is 11.8 Å². The van der Waals surface area contributed by atoms with Crippen molar-refractivity contribution in [3.05, 3.63) is 118 Å². The molecule has 101 heavy (non-hydrogen) atoms. The van der Waals surface area contributed by atoms with E-state index in [2.05, 4.69) is 42.1 Å². The number of halogens is 4. The first kappa shape index (κ1) is 84.2. The first-order valence-corrected chi connectivity index (χ1v) is 33.9. The number of aliphatic imine (C=N–C) groups is 2. The second-order valence-electron chi connectivity index (χ2n) is 21.2. The average molecular weight is 1470 g/mol. The van der Waals surface area contributed by atoms with Crippen molar-refractivity contribution >= 4 is 86.4 Å². The van der Waals surface area contributed by atoms with Gasteiger partial charge in [-0.1, -0.05) is 13.3 Å². The summed E-state index contributed by atoms with van der Waals surface area (Å²) in [6.07, 6.45) is 3.21. The fraction of sp³-hybridized carbons (Fsp3) is 0.413. The van der Waals surface area contributed by atoms with Gasteiger partial charge >= 0.3 is 11.9 Å². The Morgan fingerprint density at radius 1 is 0.564 bits per heavy atom. The highest BCUT2D eigenvalue weighted by Gasteiger charge is 2.22. The number of benzene rings is 4. The number of rotatable bonds is 49. The number of carbonyl (C=O) groups is 6. The van der Waals surface area contributed by atoms with Gasteiger partial charge in [-0.05, 0) is 116 Å². The van der Waals surface area contributed by atoms with Gasteiger partial charge in [-0.3, -0.25) is 49.3 Å². The van der Waals surface area contributed by atoms with E-state index in [0.717, 1.165) is 24.3 Å². The summed E-state index contributed by atoms with van der Waals surface area (Å²) in [7, 11) is -8.04. The molecule has 554 valence electrons. The number of carboxylic acid groups (broad SMARTS) is 2. The summed E-state index contributed by atoms with van der Waals surface area (Å²) < 4.78 is 159. The van der Waals surface area contributed by atoms with Crippen molar-refractivity contribution in [3.8, 4) is 23.0 Å². The second kappa shape index (κ2) is 44.8. The number of hydrogen-bond acceptors (Lipinski definition) is 21. The number of carboxylic acids is 2. The lowest BCUT2D eigenvalue weighted by molar-refractivity contribution is -0.141. The van der Waals surface area contributed by atoms with Crippen LogP contribution in [0.2, 0.25) is 0 Å². The van der Waals surface area contributed by atoms with E-state index >= 15 is 0 Å². The van der Waals surface area contributed by atoms with Gasteiger partial charge < -0.3 is 70.2 Å². The number of nitrogens with one attached hydrogen (secondary N) is 6. The number of amides is 4. The molecular weight excluding hydrogens is 1380 g/mol. The molecule has 0 aliphatic heterocycles. The highest BCUT2D eigenvalue weighted by atomic mass is 32.2. The molecule has 4 aromatic rings. The first-order chi connectivity index (χ1) is 48.1. The van der Waals surface area contributed by atoms with Gasteiger partial charge in [0.1, 0.15) is 11.5 Å². The van der Waals surface area contributed by atoms with Crippen LogP contribution in [0.4, 0.5) is 17.6 Å². The molecule has 0 aromatic heterocycles. The van der Waals surface area contributed by atoms with E-state index in [0.29, 0.717) is 6.42 Å². The first-order valence-electron chi connectivity index (χ1n) is 30.9. The molecule has 4 aromatic carbocycles. The summed E-state index contributed by atoms with van der Waals surface area (Å²) in [5, 5.41) is 33.6. The summed E-state index contributed by atoms with van der Waals surface area (Å²) in [4.78, 5) is 82.0. The van der Waals surface area contributed by atoms with Crippen LogP contribution in [0.3, 0.4) is 0 Å². The van der Waals surface area contributed by atoms with Crippen molar-refractivity contribution in [2.45, 2.75) is 36.5 Å². The third kappa shape index (κ3) is 33.2.